The first kappa shape index (κ1) is 45.8. The summed E-state index contributed by atoms with van der Waals surface area (Å²) >= 11 is 0. The molecule has 1 aliphatic rings. The summed E-state index contributed by atoms with van der Waals surface area (Å²) in [5.74, 6) is -1.10. The lowest BCUT2D eigenvalue weighted by atomic mass is 9.94. The number of hydroxylamine groups is 1. The maximum absolute atomic E-state index is 14.4. The van der Waals surface area contributed by atoms with E-state index in [0.29, 0.717) is 55.1 Å². The normalized spacial score (nSPS) is 13.7. The second-order valence-electron chi connectivity index (χ2n) is 16.3. The molecule has 0 unspecified atom stereocenters. The fourth-order valence-electron chi connectivity index (χ4n) is 8.30. The number of amidine groups is 1. The number of carbonyl (C=O) groups excluding carboxylic acids is 3. The molecule has 6 rings (SSSR count). The zero-order chi connectivity index (χ0) is 45.2. The summed E-state index contributed by atoms with van der Waals surface area (Å²) in [6.45, 7) is 15.7. The Morgan fingerprint density at radius 2 is 1.65 bits per heavy atom. The fourth-order valence-corrected chi connectivity index (χ4v) is 8.30. The van der Waals surface area contributed by atoms with E-state index in [2.05, 4.69) is 45.8 Å². The molecule has 5 aromatic rings. The van der Waals surface area contributed by atoms with Gasteiger partial charge in [-0.3, -0.25) is 34.4 Å². The standard InChI is InChI=1S/C50H59N7O6/c1-7-52-49(61)48(51-6)57(34(5)43-28-42(32(2)3)45(58)29-46(43)59)39-19-16-36(17-20-39)30-55-25-22-38(23-26-55)50(62)56(27-24-40-33(4)53-44-11-9-8-10-41(40)44)31-37-14-12-35(13-15-37)18-21-47(60)54-63/h8-21,28-29,32,38,53,58-59,63H,5,7,22-27,30-31H2,1-4,6H3,(H,52,61)(H,54,60)/b21-18+,51-48-. The second-order valence-corrected chi connectivity index (χ2v) is 16.3. The van der Waals surface area contributed by atoms with Crippen LogP contribution in [-0.2, 0) is 33.9 Å². The number of fused-ring (bicyclic) bond motifs is 1. The lowest BCUT2D eigenvalue weighted by Gasteiger charge is -2.34. The van der Waals surface area contributed by atoms with E-state index >= 15 is 0 Å². The number of phenolic OH excluding ortho intramolecular Hbond substituents is 2. The first-order chi connectivity index (χ1) is 30.3. The van der Waals surface area contributed by atoms with Crippen LogP contribution in [0.4, 0.5) is 5.69 Å². The van der Waals surface area contributed by atoms with Crippen LogP contribution in [0.15, 0.2) is 103 Å². The Kier molecular flexibility index (Phi) is 15.2. The Balaban J connectivity index is 1.15. The van der Waals surface area contributed by atoms with Gasteiger partial charge in [0.2, 0.25) is 5.91 Å². The van der Waals surface area contributed by atoms with E-state index in [1.165, 1.54) is 30.1 Å². The molecule has 0 saturated carbocycles. The van der Waals surface area contributed by atoms with Gasteiger partial charge in [-0.25, -0.2) is 5.48 Å². The SMILES string of the molecule is C=C(c1cc(C(C)C)c(O)cc1O)N(/C(=N\C)C(=O)NCC)c1ccc(CN2CCC(C(=O)N(CCc3c(C)[nH]c4ccccc34)Cc3ccc(/C=C/C(=O)NO)cc3)CC2)cc1. The van der Waals surface area contributed by atoms with Crippen molar-refractivity contribution in [2.24, 2.45) is 10.9 Å². The Hall–Kier alpha value is -6.70. The van der Waals surface area contributed by atoms with Gasteiger partial charge >= 0.3 is 0 Å². The van der Waals surface area contributed by atoms with E-state index in [-0.39, 0.29) is 35.1 Å². The number of aryl methyl sites for hydroxylation is 1. The molecule has 4 aromatic carbocycles. The third-order valence-electron chi connectivity index (χ3n) is 11.7. The maximum atomic E-state index is 14.4. The summed E-state index contributed by atoms with van der Waals surface area (Å²) in [5, 5.41) is 34.3. The minimum Gasteiger partial charge on any atom is -0.508 e. The molecule has 2 heterocycles. The third-order valence-corrected chi connectivity index (χ3v) is 11.7. The highest BCUT2D eigenvalue weighted by atomic mass is 16.5. The van der Waals surface area contributed by atoms with Crippen LogP contribution in [0, 0.1) is 12.8 Å². The largest absolute Gasteiger partial charge is 0.508 e. The topological polar surface area (TPSA) is 174 Å². The zero-order valence-corrected chi connectivity index (χ0v) is 36.8. The third kappa shape index (κ3) is 11.0. The average molecular weight is 854 g/mol. The number of piperidine rings is 1. The minimum absolute atomic E-state index is 0.0179. The monoisotopic (exact) mass is 853 g/mol. The van der Waals surface area contributed by atoms with Crippen LogP contribution < -0.4 is 15.7 Å². The summed E-state index contributed by atoms with van der Waals surface area (Å²) < 4.78 is 0. The van der Waals surface area contributed by atoms with E-state index in [4.69, 9.17) is 5.21 Å². The number of likely N-dealkylation sites (N-methyl/N-ethyl adjacent to an activating group) is 1. The highest BCUT2D eigenvalue weighted by molar-refractivity contribution is 6.45. The lowest BCUT2D eigenvalue weighted by Crippen LogP contribution is -2.43. The number of aromatic hydroxyl groups is 2. The van der Waals surface area contributed by atoms with Gasteiger partial charge in [0.05, 0.1) is 5.70 Å². The number of carbonyl (C=O) groups is 3. The number of aromatic amines is 1. The fraction of sp³-hybridized carbons (Fsp3) is 0.320. The quantitative estimate of drug-likeness (QED) is 0.0205. The number of nitrogens with one attached hydrogen (secondary N) is 3. The van der Waals surface area contributed by atoms with Crippen molar-refractivity contribution in [1.82, 2.24) is 25.6 Å². The summed E-state index contributed by atoms with van der Waals surface area (Å²) in [7, 11) is 1.54. The van der Waals surface area contributed by atoms with Gasteiger partial charge < -0.3 is 25.4 Å². The van der Waals surface area contributed by atoms with Gasteiger partial charge in [-0.05, 0) is 110 Å². The van der Waals surface area contributed by atoms with E-state index in [1.807, 2.05) is 86.3 Å². The minimum atomic E-state index is -0.609. The van der Waals surface area contributed by atoms with Crippen LogP contribution in [0.25, 0.3) is 22.7 Å². The molecular formula is C50H59N7O6. The number of anilines is 1. The van der Waals surface area contributed by atoms with Crippen molar-refractivity contribution in [2.75, 3.05) is 38.1 Å². The van der Waals surface area contributed by atoms with Crippen molar-refractivity contribution in [1.29, 1.82) is 0 Å². The lowest BCUT2D eigenvalue weighted by molar-refractivity contribution is -0.137. The Labute approximate surface area is 369 Å². The van der Waals surface area contributed by atoms with Crippen LogP contribution >= 0.6 is 0 Å². The number of phenols is 2. The Morgan fingerprint density at radius 3 is 2.30 bits per heavy atom. The molecule has 1 fully saturated rings. The number of amides is 3. The van der Waals surface area contributed by atoms with Gasteiger partial charge in [0.15, 0.2) is 5.84 Å². The summed E-state index contributed by atoms with van der Waals surface area (Å²) in [6, 6.07) is 26.8. The molecule has 0 atom stereocenters. The predicted octanol–water partition coefficient (Wildman–Crippen LogP) is 7.65. The van der Waals surface area contributed by atoms with Crippen molar-refractivity contribution >= 4 is 51.9 Å². The van der Waals surface area contributed by atoms with Crippen LogP contribution in [-0.4, -0.2) is 87.0 Å². The van der Waals surface area contributed by atoms with Gasteiger partial charge in [0.1, 0.15) is 11.5 Å². The summed E-state index contributed by atoms with van der Waals surface area (Å²) in [6.07, 6.45) is 5.03. The molecule has 0 bridgehead atoms. The molecule has 13 nitrogen and oxygen atoms in total. The van der Waals surface area contributed by atoms with Crippen LogP contribution in [0.2, 0.25) is 0 Å². The molecule has 3 amide bonds. The van der Waals surface area contributed by atoms with E-state index in [0.717, 1.165) is 53.8 Å². The average Bonchev–Trinajstić information content (AvgIpc) is 3.60. The number of rotatable bonds is 15. The van der Waals surface area contributed by atoms with Gasteiger partial charge in [-0.2, -0.15) is 0 Å². The number of H-pyrrole nitrogens is 1. The van der Waals surface area contributed by atoms with Crippen LogP contribution in [0.1, 0.15) is 78.6 Å². The van der Waals surface area contributed by atoms with Crippen molar-refractivity contribution < 1.29 is 29.8 Å². The Morgan fingerprint density at radius 1 is 0.968 bits per heavy atom. The molecule has 1 aromatic heterocycles. The second kappa shape index (κ2) is 20.9. The molecule has 6 N–H and O–H groups in total. The molecular weight excluding hydrogens is 795 g/mol. The number of para-hydroxylation sites is 1. The number of aliphatic imine (C=N–C) groups is 1. The van der Waals surface area contributed by atoms with E-state index in [1.54, 1.807) is 22.5 Å². The highest BCUT2D eigenvalue weighted by Crippen LogP contribution is 2.38. The molecule has 0 aliphatic carbocycles. The van der Waals surface area contributed by atoms with E-state index < -0.39 is 11.8 Å². The number of likely N-dealkylation sites (tertiary alicyclic amines) is 1. The molecule has 63 heavy (non-hydrogen) atoms. The van der Waals surface area contributed by atoms with Crippen molar-refractivity contribution in [3.8, 4) is 11.5 Å². The summed E-state index contributed by atoms with van der Waals surface area (Å²) in [5.41, 5.74) is 9.78. The molecule has 0 radical (unpaired) electrons. The number of hydrogen-bond donors (Lipinski definition) is 6. The number of aromatic nitrogens is 1. The Bertz CT molecular complexity index is 2480. The molecule has 1 saturated heterocycles. The van der Waals surface area contributed by atoms with Gasteiger partial charge in [-0.1, -0.05) is 75.0 Å². The van der Waals surface area contributed by atoms with Gasteiger partial charge in [-0.15, -0.1) is 0 Å². The number of nitrogens with zero attached hydrogens (tertiary/aromatic N) is 4. The van der Waals surface area contributed by atoms with Gasteiger partial charge in [0.25, 0.3) is 11.8 Å². The highest BCUT2D eigenvalue weighted by Gasteiger charge is 2.30. The molecule has 330 valence electrons. The maximum Gasteiger partial charge on any atom is 0.287 e. The van der Waals surface area contributed by atoms with Crippen molar-refractivity contribution in [3.63, 3.8) is 0 Å². The molecule has 0 spiro atoms. The number of benzene rings is 4. The number of hydrogen-bond acceptors (Lipinski definition) is 8. The van der Waals surface area contributed by atoms with Crippen molar-refractivity contribution in [3.05, 3.63) is 137 Å². The van der Waals surface area contributed by atoms with Gasteiger partial charge in [0, 0.05) is 79.1 Å². The predicted molar refractivity (Wildman–Crippen MR) is 249 cm³/mol. The summed E-state index contributed by atoms with van der Waals surface area (Å²) in [4.78, 5) is 53.0. The zero-order valence-electron chi connectivity index (χ0n) is 36.8. The smallest absolute Gasteiger partial charge is 0.287 e. The molecule has 1 aliphatic heterocycles. The van der Waals surface area contributed by atoms with Crippen molar-refractivity contribution in [2.45, 2.75) is 66.0 Å². The van der Waals surface area contributed by atoms with E-state index in [9.17, 15) is 24.6 Å². The first-order valence-corrected chi connectivity index (χ1v) is 21.5. The van der Waals surface area contributed by atoms with Crippen LogP contribution in [0.3, 0.4) is 0 Å². The first-order valence-electron chi connectivity index (χ1n) is 21.5. The molecule has 13 heteroatoms. The van der Waals surface area contributed by atoms with Crippen LogP contribution in [0.5, 0.6) is 11.5 Å².